The number of carbonyl (C=O) groups is 1. The average molecular weight is 315 g/mol. The third-order valence-electron chi connectivity index (χ3n) is 3.83. The van der Waals surface area contributed by atoms with Gasteiger partial charge in [-0.2, -0.15) is 0 Å². The zero-order valence-electron chi connectivity index (χ0n) is 13.9. The molecule has 0 unspecified atom stereocenters. The van der Waals surface area contributed by atoms with Crippen LogP contribution in [0.4, 0.5) is 5.82 Å². The number of aromatic nitrogens is 2. The molecule has 0 fully saturated rings. The maximum atomic E-state index is 11.9. The Morgan fingerprint density at radius 1 is 1.17 bits per heavy atom. The molecule has 0 bridgehead atoms. The fourth-order valence-electron chi connectivity index (χ4n) is 2.44. The molecule has 0 aliphatic carbocycles. The van der Waals surface area contributed by atoms with Crippen molar-refractivity contribution >= 4 is 22.6 Å². The minimum atomic E-state index is -0.0211. The molecule has 0 atom stereocenters. The number of hydrogen-bond acceptors (Lipinski definition) is 5. The molecule has 2 rings (SSSR count). The molecule has 1 aromatic heterocycles. The molecule has 6 heteroatoms. The van der Waals surface area contributed by atoms with Crippen molar-refractivity contribution in [3.63, 3.8) is 0 Å². The van der Waals surface area contributed by atoms with E-state index in [0.717, 1.165) is 37.0 Å². The summed E-state index contributed by atoms with van der Waals surface area (Å²) >= 11 is 0. The van der Waals surface area contributed by atoms with E-state index < -0.39 is 0 Å². The van der Waals surface area contributed by atoms with Crippen LogP contribution >= 0.6 is 0 Å². The van der Waals surface area contributed by atoms with Crippen LogP contribution in [0.3, 0.4) is 0 Å². The van der Waals surface area contributed by atoms with Crippen LogP contribution in [0, 0.1) is 0 Å². The van der Waals surface area contributed by atoms with Gasteiger partial charge in [0.05, 0.1) is 12.1 Å². The summed E-state index contributed by atoms with van der Waals surface area (Å²) in [5, 5.41) is 6.94. The Hall–Kier alpha value is -2.21. The van der Waals surface area contributed by atoms with Crippen molar-refractivity contribution in [1.29, 1.82) is 0 Å². The number of fused-ring (bicyclic) bond motifs is 1. The van der Waals surface area contributed by atoms with Gasteiger partial charge in [-0.1, -0.05) is 26.0 Å². The number of carbonyl (C=O) groups excluding carboxylic acids is 1. The lowest BCUT2D eigenvalue weighted by Crippen LogP contribution is -2.33. The van der Waals surface area contributed by atoms with Gasteiger partial charge in [0, 0.05) is 11.9 Å². The summed E-state index contributed by atoms with van der Waals surface area (Å²) in [4.78, 5) is 22.7. The van der Waals surface area contributed by atoms with Crippen LogP contribution in [0.25, 0.3) is 10.9 Å². The molecular weight excluding hydrogens is 290 g/mol. The minimum Gasteiger partial charge on any atom is -0.360 e. The van der Waals surface area contributed by atoms with Crippen molar-refractivity contribution in [1.82, 2.24) is 20.2 Å². The fourth-order valence-corrected chi connectivity index (χ4v) is 2.44. The molecule has 1 heterocycles. The van der Waals surface area contributed by atoms with Crippen LogP contribution in [0.15, 0.2) is 30.6 Å². The smallest absolute Gasteiger partial charge is 0.239 e. The van der Waals surface area contributed by atoms with E-state index in [1.54, 1.807) is 0 Å². The monoisotopic (exact) mass is 315 g/mol. The quantitative estimate of drug-likeness (QED) is 0.692. The van der Waals surface area contributed by atoms with E-state index in [2.05, 4.69) is 39.3 Å². The molecule has 23 heavy (non-hydrogen) atoms. The van der Waals surface area contributed by atoms with Crippen LogP contribution in [-0.2, 0) is 4.79 Å². The van der Waals surface area contributed by atoms with E-state index in [4.69, 9.17) is 0 Å². The van der Waals surface area contributed by atoms with Gasteiger partial charge < -0.3 is 15.5 Å². The molecule has 2 aromatic rings. The highest BCUT2D eigenvalue weighted by atomic mass is 16.1. The predicted molar refractivity (Wildman–Crippen MR) is 93.4 cm³/mol. The predicted octanol–water partition coefficient (Wildman–Crippen LogP) is 1.89. The topological polar surface area (TPSA) is 70.2 Å². The van der Waals surface area contributed by atoms with E-state index in [0.29, 0.717) is 12.4 Å². The van der Waals surface area contributed by atoms with E-state index in [1.807, 2.05) is 24.3 Å². The Morgan fingerprint density at radius 3 is 2.74 bits per heavy atom. The number of anilines is 1. The fraction of sp³-hybridized carbons (Fsp3) is 0.471. The molecule has 6 nitrogen and oxygen atoms in total. The Balaban J connectivity index is 1.76. The summed E-state index contributed by atoms with van der Waals surface area (Å²) in [5.74, 6) is 0.668. The van der Waals surface area contributed by atoms with Crippen molar-refractivity contribution in [2.24, 2.45) is 0 Å². The standard InChI is InChI=1S/C17H25N5O/c1-3-22(4-2)11-7-10-18-16(23)12-19-17-14-8-5-6-9-15(14)20-13-21-17/h5-6,8-9,13H,3-4,7,10-12H2,1-2H3,(H,18,23)(H,19,20,21). The second kappa shape index (κ2) is 9.05. The van der Waals surface area contributed by atoms with Gasteiger partial charge in [0.25, 0.3) is 0 Å². The molecule has 124 valence electrons. The van der Waals surface area contributed by atoms with Gasteiger partial charge in [-0.3, -0.25) is 4.79 Å². The molecule has 0 saturated heterocycles. The molecule has 1 aromatic carbocycles. The summed E-state index contributed by atoms with van der Waals surface area (Å²) in [6.07, 6.45) is 2.47. The normalized spacial score (nSPS) is 10.9. The first kappa shape index (κ1) is 17.1. The van der Waals surface area contributed by atoms with Crippen LogP contribution in [0.2, 0.25) is 0 Å². The van der Waals surface area contributed by atoms with Gasteiger partial charge in [-0.15, -0.1) is 0 Å². The van der Waals surface area contributed by atoms with Gasteiger partial charge in [0.2, 0.25) is 5.91 Å². The summed E-state index contributed by atoms with van der Waals surface area (Å²) in [6, 6.07) is 7.74. The Labute approximate surface area is 137 Å². The lowest BCUT2D eigenvalue weighted by atomic mass is 10.2. The zero-order chi connectivity index (χ0) is 16.5. The second-order valence-electron chi connectivity index (χ2n) is 5.32. The van der Waals surface area contributed by atoms with Gasteiger partial charge in [-0.25, -0.2) is 9.97 Å². The van der Waals surface area contributed by atoms with Gasteiger partial charge in [-0.05, 0) is 38.2 Å². The van der Waals surface area contributed by atoms with Gasteiger partial charge in [0.1, 0.15) is 12.1 Å². The second-order valence-corrected chi connectivity index (χ2v) is 5.32. The first-order valence-electron chi connectivity index (χ1n) is 8.17. The van der Waals surface area contributed by atoms with Crippen molar-refractivity contribution in [3.05, 3.63) is 30.6 Å². The highest BCUT2D eigenvalue weighted by Gasteiger charge is 2.05. The summed E-state index contributed by atoms with van der Waals surface area (Å²) in [7, 11) is 0. The molecule has 0 spiro atoms. The molecule has 1 amide bonds. The average Bonchev–Trinajstić information content (AvgIpc) is 2.60. The highest BCUT2D eigenvalue weighted by molar-refractivity contribution is 5.90. The van der Waals surface area contributed by atoms with Crippen molar-refractivity contribution in [3.8, 4) is 0 Å². The number of nitrogens with one attached hydrogen (secondary N) is 2. The molecule has 0 aliphatic heterocycles. The molecular formula is C17H25N5O. The third-order valence-corrected chi connectivity index (χ3v) is 3.83. The summed E-state index contributed by atoms with van der Waals surface area (Å²) < 4.78 is 0. The third kappa shape index (κ3) is 5.17. The first-order chi connectivity index (χ1) is 11.2. The maximum absolute atomic E-state index is 11.9. The number of hydrogen-bond donors (Lipinski definition) is 2. The minimum absolute atomic E-state index is 0.0211. The van der Waals surface area contributed by atoms with Gasteiger partial charge in [0.15, 0.2) is 0 Å². The molecule has 0 radical (unpaired) electrons. The number of nitrogens with zero attached hydrogens (tertiary/aromatic N) is 3. The first-order valence-corrected chi connectivity index (χ1v) is 8.17. The van der Waals surface area contributed by atoms with Gasteiger partial charge >= 0.3 is 0 Å². The number of rotatable bonds is 9. The largest absolute Gasteiger partial charge is 0.360 e. The number of amides is 1. The van der Waals surface area contributed by atoms with E-state index in [-0.39, 0.29) is 12.5 Å². The molecule has 0 saturated carbocycles. The van der Waals surface area contributed by atoms with E-state index >= 15 is 0 Å². The Kier molecular flexibility index (Phi) is 6.75. The lowest BCUT2D eigenvalue weighted by molar-refractivity contribution is -0.119. The molecule has 0 aliphatic rings. The van der Waals surface area contributed by atoms with Crippen LogP contribution in [-0.4, -0.2) is 53.5 Å². The Morgan fingerprint density at radius 2 is 1.96 bits per heavy atom. The van der Waals surface area contributed by atoms with Crippen molar-refractivity contribution in [2.45, 2.75) is 20.3 Å². The zero-order valence-corrected chi connectivity index (χ0v) is 13.9. The van der Waals surface area contributed by atoms with Crippen molar-refractivity contribution in [2.75, 3.05) is 38.0 Å². The molecule has 2 N–H and O–H groups in total. The number of para-hydroxylation sites is 1. The number of benzene rings is 1. The SMILES string of the molecule is CCN(CC)CCCNC(=O)CNc1ncnc2ccccc12. The van der Waals surface area contributed by atoms with Crippen LogP contribution in [0.5, 0.6) is 0 Å². The van der Waals surface area contributed by atoms with E-state index in [9.17, 15) is 4.79 Å². The summed E-state index contributed by atoms with van der Waals surface area (Å²) in [6.45, 7) is 8.32. The Bertz CT molecular complexity index is 622. The van der Waals surface area contributed by atoms with Crippen LogP contribution in [0.1, 0.15) is 20.3 Å². The van der Waals surface area contributed by atoms with Crippen molar-refractivity contribution < 1.29 is 4.79 Å². The highest BCUT2D eigenvalue weighted by Crippen LogP contribution is 2.17. The lowest BCUT2D eigenvalue weighted by Gasteiger charge is -2.17. The maximum Gasteiger partial charge on any atom is 0.239 e. The summed E-state index contributed by atoms with van der Waals surface area (Å²) in [5.41, 5.74) is 0.865. The van der Waals surface area contributed by atoms with Crippen LogP contribution < -0.4 is 10.6 Å². The van der Waals surface area contributed by atoms with E-state index in [1.165, 1.54) is 6.33 Å².